The Bertz CT molecular complexity index is 62.2. The first kappa shape index (κ1) is 8.51. The molecule has 0 aliphatic carbocycles. The van der Waals surface area contributed by atoms with Crippen LogP contribution in [0.1, 0.15) is 6.92 Å². The topological polar surface area (TPSA) is 0 Å². The van der Waals surface area contributed by atoms with Gasteiger partial charge in [0.2, 0.25) is 0 Å². The van der Waals surface area contributed by atoms with Gasteiger partial charge in [-0.3, -0.25) is 0 Å². The molecule has 0 spiro atoms. The van der Waals surface area contributed by atoms with Crippen LogP contribution in [0.4, 0.5) is 0 Å². The van der Waals surface area contributed by atoms with Crippen LogP contribution in [0.3, 0.4) is 0 Å². The summed E-state index contributed by atoms with van der Waals surface area (Å²) < 4.78 is 0. The van der Waals surface area contributed by atoms with Gasteiger partial charge in [-0.25, -0.2) is 0 Å². The van der Waals surface area contributed by atoms with Crippen molar-refractivity contribution >= 4 is 48.7 Å². The van der Waals surface area contributed by atoms with E-state index in [-0.39, 0.29) is 0 Å². The molecular weight excluding hydrogens is 198 g/mol. The summed E-state index contributed by atoms with van der Waals surface area (Å²) in [6.45, 7) is 1.75. The molecule has 0 saturated carbocycles. The normalized spacial score (nSPS) is 18.1. The van der Waals surface area contributed by atoms with E-state index < -0.39 is 6.02 Å². The Morgan fingerprint density at radius 2 is 1.29 bits per heavy atom. The van der Waals surface area contributed by atoms with Crippen LogP contribution in [-0.2, 0) is 0 Å². The van der Waals surface area contributed by atoms with E-state index in [4.69, 9.17) is 42.7 Å². The maximum absolute atomic E-state index is 5.40. The molecule has 0 saturated heterocycles. The van der Waals surface area contributed by atoms with Gasteiger partial charge < -0.3 is 0 Å². The van der Waals surface area contributed by atoms with E-state index >= 15 is 0 Å². The molecule has 0 rings (SSSR count). The highest BCUT2D eigenvalue weighted by Gasteiger charge is 2.25. The summed E-state index contributed by atoms with van der Waals surface area (Å²) in [4.78, 5) is 0. The average Bonchev–Trinajstić information content (AvgIpc) is 1.32. The first-order valence-corrected chi connectivity index (χ1v) is 7.74. The van der Waals surface area contributed by atoms with Crippen LogP contribution in [0.5, 0.6) is 0 Å². The van der Waals surface area contributed by atoms with E-state index in [9.17, 15) is 0 Å². The largest absolute Gasteiger partial charge is 0.0551 e. The second-order valence-electron chi connectivity index (χ2n) is 1.18. The van der Waals surface area contributed by atoms with Crippen LogP contribution in [-0.4, -0.2) is 5.75 Å². The third-order valence-electron chi connectivity index (χ3n) is 0.478. The van der Waals surface area contributed by atoms with Crippen LogP contribution < -0.4 is 0 Å². The van der Waals surface area contributed by atoms with Crippen molar-refractivity contribution in [1.29, 1.82) is 0 Å². The zero-order valence-corrected chi connectivity index (χ0v) is 7.58. The van der Waals surface area contributed by atoms with Crippen molar-refractivity contribution in [2.24, 2.45) is 0 Å². The number of rotatable bonds is 1. The third-order valence-corrected chi connectivity index (χ3v) is 4.30. The average molecular weight is 204 g/mol. The molecule has 0 fully saturated rings. The zero-order chi connectivity index (χ0) is 6.15. The molecule has 0 heterocycles. The molecule has 0 bridgehead atoms. The van der Waals surface area contributed by atoms with E-state index in [2.05, 4.69) is 0 Å². The van der Waals surface area contributed by atoms with E-state index in [1.54, 1.807) is 6.92 Å². The van der Waals surface area contributed by atoms with E-state index in [1.165, 1.54) is 0 Å². The van der Waals surface area contributed by atoms with E-state index in [1.807, 2.05) is 0 Å². The highest BCUT2D eigenvalue weighted by atomic mass is 36.4. The Hall–Kier alpha value is 1.51. The Kier molecular flexibility index (Phi) is 2.47. The van der Waals surface area contributed by atoms with Gasteiger partial charge in [0.15, 0.2) is 0 Å². The lowest BCUT2D eigenvalue weighted by Crippen LogP contribution is -1.83. The molecule has 0 nitrogen and oxygen atoms in total. The summed E-state index contributed by atoms with van der Waals surface area (Å²) in [5, 5.41) is 0. The lowest BCUT2D eigenvalue weighted by Gasteiger charge is -2.32. The Balaban J connectivity index is 3.83. The molecule has 0 amide bonds. The predicted octanol–water partition coefficient (Wildman–Crippen LogP) is 3.69. The second-order valence-corrected chi connectivity index (χ2v) is 15.6. The van der Waals surface area contributed by atoms with Crippen molar-refractivity contribution in [2.45, 2.75) is 6.92 Å². The number of thiol groups is 1. The van der Waals surface area contributed by atoms with Crippen LogP contribution in [0.2, 0.25) is 0 Å². The lowest BCUT2D eigenvalue weighted by atomic mass is 11.0. The molecule has 0 atom stereocenters. The SMILES string of the molecule is CC[SH](Cl)(Cl)(Cl)Cl. The van der Waals surface area contributed by atoms with Crippen molar-refractivity contribution in [1.82, 2.24) is 0 Å². The standard InChI is InChI=1S/C2H6Cl4S/c1-2-7(3,4,5)6/h7H,2H2,1H3. The fourth-order valence-electron chi connectivity index (χ4n) is 0. The Labute approximate surface area is 61.4 Å². The molecule has 0 aromatic rings. The van der Waals surface area contributed by atoms with Crippen molar-refractivity contribution in [3.05, 3.63) is 0 Å². The second kappa shape index (κ2) is 2.03. The number of hydrogen-bond acceptors (Lipinski definition) is 0. The highest BCUT2D eigenvalue weighted by molar-refractivity contribution is 9.02. The minimum absolute atomic E-state index is 0.428. The van der Waals surface area contributed by atoms with Crippen molar-refractivity contribution in [2.75, 3.05) is 5.75 Å². The lowest BCUT2D eigenvalue weighted by molar-refractivity contribution is 1.53. The molecule has 0 aliphatic heterocycles. The summed E-state index contributed by atoms with van der Waals surface area (Å²) in [6.07, 6.45) is 0. The van der Waals surface area contributed by atoms with Gasteiger partial charge in [0, 0.05) is 5.75 Å². The van der Waals surface area contributed by atoms with Crippen LogP contribution in [0.25, 0.3) is 0 Å². The maximum atomic E-state index is 5.40. The smallest absolute Gasteiger partial charge is 0.00555 e. The minimum Gasteiger partial charge on any atom is -0.0551 e. The molecule has 5 heteroatoms. The van der Waals surface area contributed by atoms with Gasteiger partial charge in [-0.15, -0.1) is 0 Å². The molecule has 0 aromatic heterocycles. The number of hydrogen-bond donors (Lipinski definition) is 1. The summed E-state index contributed by atoms with van der Waals surface area (Å²) >= 11 is 0. The predicted molar refractivity (Wildman–Crippen MR) is 42.9 cm³/mol. The first-order chi connectivity index (χ1) is 2.81. The number of halogens is 4. The van der Waals surface area contributed by atoms with E-state index in [0.29, 0.717) is 5.75 Å². The molecule has 0 aromatic carbocycles. The monoisotopic (exact) mass is 202 g/mol. The molecule has 0 N–H and O–H groups in total. The van der Waals surface area contributed by atoms with Gasteiger partial charge in [-0.2, -0.15) is 0 Å². The molecule has 48 valence electrons. The van der Waals surface area contributed by atoms with Gasteiger partial charge in [0.1, 0.15) is 0 Å². The molecule has 0 unspecified atom stereocenters. The zero-order valence-electron chi connectivity index (χ0n) is 3.67. The maximum Gasteiger partial charge on any atom is 0.00555 e. The van der Waals surface area contributed by atoms with Crippen LogP contribution >= 0.6 is 48.7 Å². The van der Waals surface area contributed by atoms with Crippen molar-refractivity contribution in [3.8, 4) is 0 Å². The fraction of sp³-hybridized carbons (Fsp3) is 1.00. The molecule has 7 heavy (non-hydrogen) atoms. The van der Waals surface area contributed by atoms with Crippen molar-refractivity contribution < 1.29 is 0 Å². The fourth-order valence-corrected chi connectivity index (χ4v) is 0. The van der Waals surface area contributed by atoms with Gasteiger partial charge in [0.05, 0.1) is 0 Å². The van der Waals surface area contributed by atoms with E-state index in [0.717, 1.165) is 0 Å². The third kappa shape index (κ3) is 7.51. The highest BCUT2D eigenvalue weighted by Crippen LogP contribution is 2.86. The summed E-state index contributed by atoms with van der Waals surface area (Å²) in [5.41, 5.74) is 0. The van der Waals surface area contributed by atoms with Crippen LogP contribution in [0, 0.1) is 0 Å². The van der Waals surface area contributed by atoms with Gasteiger partial charge in [-0.05, 0) is 48.7 Å². The Morgan fingerprint density at radius 1 is 1.14 bits per heavy atom. The van der Waals surface area contributed by atoms with Gasteiger partial charge in [-0.1, -0.05) is 6.92 Å². The molecule has 0 aliphatic rings. The van der Waals surface area contributed by atoms with Gasteiger partial charge in [0.25, 0.3) is 0 Å². The molecular formula is C2H6Cl4S. The summed E-state index contributed by atoms with van der Waals surface area (Å²) in [7, 11) is 21.6. The minimum atomic E-state index is -3.19. The summed E-state index contributed by atoms with van der Waals surface area (Å²) in [6, 6.07) is -3.19. The van der Waals surface area contributed by atoms with Crippen LogP contribution in [0.15, 0.2) is 0 Å². The first-order valence-electron chi connectivity index (χ1n) is 1.70. The Morgan fingerprint density at radius 3 is 1.29 bits per heavy atom. The van der Waals surface area contributed by atoms with Crippen molar-refractivity contribution in [3.63, 3.8) is 0 Å². The quantitative estimate of drug-likeness (QED) is 0.618. The summed E-state index contributed by atoms with van der Waals surface area (Å²) in [5.74, 6) is 0.428. The van der Waals surface area contributed by atoms with Gasteiger partial charge >= 0.3 is 0 Å². The molecule has 0 radical (unpaired) electrons.